The Labute approximate surface area is 193 Å². The van der Waals surface area contributed by atoms with Gasteiger partial charge in [-0.05, 0) is 71.9 Å². The molecule has 32 heavy (non-hydrogen) atoms. The lowest BCUT2D eigenvalue weighted by molar-refractivity contribution is 0.416. The zero-order valence-corrected chi connectivity index (χ0v) is 19.4. The van der Waals surface area contributed by atoms with Gasteiger partial charge in [0.05, 0.1) is 7.11 Å². The molecule has 2 fully saturated rings. The van der Waals surface area contributed by atoms with Crippen molar-refractivity contribution in [3.63, 3.8) is 0 Å². The SMILES string of the molecule is COc1cc[c]c(-c2ccc(C3CCCCC3)cc2)c1-c1ccc(C2CCCCC2)cc1. The van der Waals surface area contributed by atoms with Crippen molar-refractivity contribution < 1.29 is 4.74 Å². The van der Waals surface area contributed by atoms with Crippen LogP contribution in [-0.2, 0) is 0 Å². The monoisotopic (exact) mass is 423 g/mol. The third-order valence-electron chi connectivity index (χ3n) is 7.73. The molecule has 0 saturated heterocycles. The second-order valence-electron chi connectivity index (χ2n) is 9.71. The van der Waals surface area contributed by atoms with Gasteiger partial charge in [0.15, 0.2) is 0 Å². The first-order valence-electron chi connectivity index (χ1n) is 12.6. The van der Waals surface area contributed by atoms with E-state index in [2.05, 4.69) is 54.6 Å². The van der Waals surface area contributed by atoms with Gasteiger partial charge in [-0.3, -0.25) is 0 Å². The molecule has 0 N–H and O–H groups in total. The molecule has 2 aliphatic rings. The molecule has 0 spiro atoms. The normalized spacial score (nSPS) is 17.9. The Bertz CT molecular complexity index is 1000. The summed E-state index contributed by atoms with van der Waals surface area (Å²) in [6, 6.07) is 26.1. The molecule has 1 radical (unpaired) electrons. The van der Waals surface area contributed by atoms with Gasteiger partial charge in [-0.2, -0.15) is 0 Å². The van der Waals surface area contributed by atoms with Crippen LogP contribution in [0.4, 0.5) is 0 Å². The molecule has 3 aromatic carbocycles. The van der Waals surface area contributed by atoms with Crippen LogP contribution in [0.1, 0.15) is 87.2 Å². The van der Waals surface area contributed by atoms with Gasteiger partial charge in [0.1, 0.15) is 5.75 Å². The highest BCUT2D eigenvalue weighted by Crippen LogP contribution is 2.41. The Balaban J connectivity index is 1.46. The molecule has 3 aromatic rings. The molecule has 0 atom stereocenters. The van der Waals surface area contributed by atoms with Crippen molar-refractivity contribution in [2.75, 3.05) is 7.11 Å². The highest BCUT2D eigenvalue weighted by atomic mass is 16.5. The summed E-state index contributed by atoms with van der Waals surface area (Å²) in [7, 11) is 1.77. The highest BCUT2D eigenvalue weighted by Gasteiger charge is 2.19. The van der Waals surface area contributed by atoms with Gasteiger partial charge in [0.2, 0.25) is 0 Å². The molecule has 165 valence electrons. The second kappa shape index (κ2) is 9.94. The van der Waals surface area contributed by atoms with Crippen molar-refractivity contribution in [1.82, 2.24) is 0 Å². The number of ether oxygens (including phenoxy) is 1. The smallest absolute Gasteiger partial charge is 0.127 e. The molecule has 0 heterocycles. The Morgan fingerprint density at radius 2 is 1.12 bits per heavy atom. The molecular weight excluding hydrogens is 388 g/mol. The molecule has 2 saturated carbocycles. The van der Waals surface area contributed by atoms with Gasteiger partial charge in [0, 0.05) is 11.1 Å². The standard InChI is InChI=1S/C31H35O/c1-32-30-14-8-13-29(27-19-15-25(16-20-27)23-9-4-2-5-10-23)31(30)28-21-17-26(18-22-28)24-11-6-3-7-12-24/h8,14-24H,2-7,9-12H2,1H3. The van der Waals surface area contributed by atoms with Crippen LogP contribution in [0.5, 0.6) is 5.75 Å². The Hall–Kier alpha value is -2.54. The molecule has 2 aliphatic carbocycles. The summed E-state index contributed by atoms with van der Waals surface area (Å²) in [5.74, 6) is 2.38. The summed E-state index contributed by atoms with van der Waals surface area (Å²) < 4.78 is 5.81. The van der Waals surface area contributed by atoms with Gasteiger partial charge in [0.25, 0.3) is 0 Å². The lowest BCUT2D eigenvalue weighted by Gasteiger charge is -2.23. The van der Waals surface area contributed by atoms with Gasteiger partial charge >= 0.3 is 0 Å². The lowest BCUT2D eigenvalue weighted by Crippen LogP contribution is -2.04. The fourth-order valence-corrected chi connectivity index (χ4v) is 5.88. The van der Waals surface area contributed by atoms with Gasteiger partial charge < -0.3 is 4.74 Å². The van der Waals surface area contributed by atoms with Crippen LogP contribution in [0.15, 0.2) is 60.7 Å². The molecule has 1 nitrogen and oxygen atoms in total. The Morgan fingerprint density at radius 3 is 1.62 bits per heavy atom. The van der Waals surface area contributed by atoms with E-state index in [0.29, 0.717) is 0 Å². The maximum absolute atomic E-state index is 5.81. The third-order valence-corrected chi connectivity index (χ3v) is 7.73. The average Bonchev–Trinajstić information content (AvgIpc) is 2.89. The summed E-state index contributed by atoms with van der Waals surface area (Å²) in [5, 5.41) is 0. The second-order valence-corrected chi connectivity index (χ2v) is 9.71. The summed E-state index contributed by atoms with van der Waals surface area (Å²) in [6.45, 7) is 0. The molecule has 0 aromatic heterocycles. The topological polar surface area (TPSA) is 9.23 Å². The number of methoxy groups -OCH3 is 1. The summed E-state index contributed by atoms with van der Waals surface area (Å²) in [4.78, 5) is 0. The lowest BCUT2D eigenvalue weighted by atomic mass is 9.83. The molecule has 0 aliphatic heterocycles. The van der Waals surface area contributed by atoms with E-state index in [1.807, 2.05) is 12.1 Å². The summed E-state index contributed by atoms with van der Waals surface area (Å²) >= 11 is 0. The van der Waals surface area contributed by atoms with E-state index in [4.69, 9.17) is 4.74 Å². The summed E-state index contributed by atoms with van der Waals surface area (Å²) in [6.07, 6.45) is 13.6. The van der Waals surface area contributed by atoms with Crippen LogP contribution in [0, 0.1) is 6.07 Å². The molecular formula is C31H35O. The first-order valence-corrected chi connectivity index (χ1v) is 12.6. The van der Waals surface area contributed by atoms with Gasteiger partial charge in [-0.15, -0.1) is 0 Å². The zero-order chi connectivity index (χ0) is 21.8. The Morgan fingerprint density at radius 1 is 0.625 bits per heavy atom. The maximum atomic E-state index is 5.81. The van der Waals surface area contributed by atoms with E-state index >= 15 is 0 Å². The van der Waals surface area contributed by atoms with Crippen LogP contribution >= 0.6 is 0 Å². The van der Waals surface area contributed by atoms with Crippen molar-refractivity contribution in [3.8, 4) is 28.0 Å². The largest absolute Gasteiger partial charge is 0.496 e. The zero-order valence-electron chi connectivity index (χ0n) is 19.4. The van der Waals surface area contributed by atoms with Crippen molar-refractivity contribution >= 4 is 0 Å². The van der Waals surface area contributed by atoms with E-state index in [0.717, 1.165) is 28.7 Å². The first-order chi connectivity index (χ1) is 15.8. The van der Waals surface area contributed by atoms with Crippen molar-refractivity contribution in [1.29, 1.82) is 0 Å². The molecule has 0 amide bonds. The minimum Gasteiger partial charge on any atom is -0.496 e. The number of hydrogen-bond donors (Lipinski definition) is 0. The van der Waals surface area contributed by atoms with Crippen molar-refractivity contribution in [3.05, 3.63) is 77.9 Å². The van der Waals surface area contributed by atoms with E-state index < -0.39 is 0 Å². The fraction of sp³-hybridized carbons (Fsp3) is 0.419. The predicted molar refractivity (Wildman–Crippen MR) is 134 cm³/mol. The predicted octanol–water partition coefficient (Wildman–Crippen LogP) is 8.92. The third kappa shape index (κ3) is 4.49. The quantitative estimate of drug-likeness (QED) is 0.398. The van der Waals surface area contributed by atoms with E-state index in [-0.39, 0.29) is 0 Å². The van der Waals surface area contributed by atoms with E-state index in [1.54, 1.807) is 7.11 Å². The minimum atomic E-state index is 0.730. The molecule has 0 unspecified atom stereocenters. The summed E-state index contributed by atoms with van der Waals surface area (Å²) in [5.41, 5.74) is 7.69. The van der Waals surface area contributed by atoms with Crippen LogP contribution in [-0.4, -0.2) is 7.11 Å². The first kappa shape index (κ1) is 21.3. The molecule has 1 heteroatoms. The van der Waals surface area contributed by atoms with E-state index in [1.165, 1.54) is 86.5 Å². The molecule has 5 rings (SSSR count). The molecule has 0 bridgehead atoms. The number of rotatable bonds is 5. The van der Waals surface area contributed by atoms with E-state index in [9.17, 15) is 0 Å². The van der Waals surface area contributed by atoms with Crippen LogP contribution in [0.3, 0.4) is 0 Å². The highest BCUT2D eigenvalue weighted by molar-refractivity contribution is 5.87. The number of benzene rings is 3. The van der Waals surface area contributed by atoms with Gasteiger partial charge in [-0.1, -0.05) is 93.1 Å². The van der Waals surface area contributed by atoms with Crippen LogP contribution < -0.4 is 4.74 Å². The fourth-order valence-electron chi connectivity index (χ4n) is 5.88. The van der Waals surface area contributed by atoms with Crippen molar-refractivity contribution in [2.24, 2.45) is 0 Å². The minimum absolute atomic E-state index is 0.730. The van der Waals surface area contributed by atoms with Crippen LogP contribution in [0.2, 0.25) is 0 Å². The van der Waals surface area contributed by atoms with Gasteiger partial charge in [-0.25, -0.2) is 0 Å². The maximum Gasteiger partial charge on any atom is 0.127 e. The number of hydrogen-bond acceptors (Lipinski definition) is 1. The van der Waals surface area contributed by atoms with Crippen molar-refractivity contribution in [2.45, 2.75) is 76.0 Å². The van der Waals surface area contributed by atoms with Crippen LogP contribution in [0.25, 0.3) is 22.3 Å². The Kier molecular flexibility index (Phi) is 6.62. The average molecular weight is 424 g/mol.